The Balaban J connectivity index is 1.81. The number of H-pyrrole nitrogens is 1. The van der Waals surface area contributed by atoms with E-state index in [2.05, 4.69) is 21.3 Å². The number of hydrogen-bond acceptors (Lipinski definition) is 2. The second-order valence-corrected chi connectivity index (χ2v) is 5.08. The van der Waals surface area contributed by atoms with E-state index < -0.39 is 0 Å². The summed E-state index contributed by atoms with van der Waals surface area (Å²) in [5, 5.41) is 4.11. The Morgan fingerprint density at radius 2 is 2.16 bits per heavy atom. The van der Waals surface area contributed by atoms with Gasteiger partial charge in [0.1, 0.15) is 0 Å². The van der Waals surface area contributed by atoms with Gasteiger partial charge in [-0.2, -0.15) is 0 Å². The van der Waals surface area contributed by atoms with E-state index in [0.29, 0.717) is 6.42 Å². The molecule has 2 rings (SSSR count). The van der Waals surface area contributed by atoms with Crippen LogP contribution < -0.4 is 5.32 Å². The molecule has 102 valence electrons. The average Bonchev–Trinajstić information content (AvgIpc) is 2.82. The maximum Gasteiger partial charge on any atom is 0.224 e. The van der Waals surface area contributed by atoms with E-state index in [1.165, 1.54) is 0 Å². The molecule has 19 heavy (non-hydrogen) atoms. The first-order chi connectivity index (χ1) is 9.15. The second-order valence-electron chi connectivity index (χ2n) is 5.08. The maximum atomic E-state index is 11.8. The minimum atomic E-state index is 0.0913. The molecular formula is C15H21N3O. The molecular weight excluding hydrogens is 238 g/mol. The monoisotopic (exact) mass is 259 g/mol. The first-order valence-corrected chi connectivity index (χ1v) is 6.62. The van der Waals surface area contributed by atoms with Crippen LogP contribution in [0.1, 0.15) is 12.0 Å². The highest BCUT2D eigenvalue weighted by Gasteiger charge is 2.04. The number of aromatic amines is 1. The van der Waals surface area contributed by atoms with Crippen molar-refractivity contribution in [1.82, 2.24) is 15.2 Å². The van der Waals surface area contributed by atoms with Gasteiger partial charge in [0.15, 0.2) is 0 Å². The van der Waals surface area contributed by atoms with Gasteiger partial charge in [0.25, 0.3) is 0 Å². The van der Waals surface area contributed by atoms with Crippen molar-refractivity contribution in [2.75, 3.05) is 27.2 Å². The van der Waals surface area contributed by atoms with Crippen LogP contribution in [0, 0.1) is 0 Å². The smallest absolute Gasteiger partial charge is 0.224 e. The van der Waals surface area contributed by atoms with Gasteiger partial charge in [0.05, 0.1) is 6.42 Å². The van der Waals surface area contributed by atoms with Crippen molar-refractivity contribution in [2.24, 2.45) is 0 Å². The first-order valence-electron chi connectivity index (χ1n) is 6.62. The number of carbonyl (C=O) groups is 1. The van der Waals surface area contributed by atoms with E-state index in [1.807, 2.05) is 38.5 Å². The number of nitrogens with zero attached hydrogens (tertiary/aromatic N) is 1. The van der Waals surface area contributed by atoms with E-state index in [4.69, 9.17) is 0 Å². The van der Waals surface area contributed by atoms with Crippen LogP contribution in [0.5, 0.6) is 0 Å². The molecule has 0 aliphatic heterocycles. The third-order valence-electron chi connectivity index (χ3n) is 3.09. The number of rotatable bonds is 6. The van der Waals surface area contributed by atoms with Gasteiger partial charge in [0, 0.05) is 18.3 Å². The lowest BCUT2D eigenvalue weighted by molar-refractivity contribution is -0.120. The summed E-state index contributed by atoms with van der Waals surface area (Å²) in [4.78, 5) is 17.1. The quantitative estimate of drug-likeness (QED) is 0.777. The summed E-state index contributed by atoms with van der Waals surface area (Å²) in [6, 6.07) is 8.10. The molecule has 0 saturated carbocycles. The van der Waals surface area contributed by atoms with Crippen LogP contribution in [0.4, 0.5) is 0 Å². The molecule has 4 heteroatoms. The number of nitrogens with one attached hydrogen (secondary N) is 2. The number of carbonyl (C=O) groups excluding carboxylic acids is 1. The highest BCUT2D eigenvalue weighted by Crippen LogP contribution is 2.14. The standard InChI is InChI=1S/C15H21N3O/c1-18(2)9-3-7-17-15(19)11-12-4-5-14-13(10-12)6-8-16-14/h4-6,8,10,16H,3,7,9,11H2,1-2H3,(H,17,19). The highest BCUT2D eigenvalue weighted by molar-refractivity contribution is 5.83. The number of benzene rings is 1. The summed E-state index contributed by atoms with van der Waals surface area (Å²) in [5.74, 6) is 0.0913. The van der Waals surface area contributed by atoms with Crippen LogP contribution >= 0.6 is 0 Å². The van der Waals surface area contributed by atoms with Crippen LogP contribution in [0.3, 0.4) is 0 Å². The second kappa shape index (κ2) is 6.38. The Labute approximate surface area is 113 Å². The zero-order valence-electron chi connectivity index (χ0n) is 11.6. The van der Waals surface area contributed by atoms with E-state index in [1.54, 1.807) is 0 Å². The normalized spacial score (nSPS) is 11.1. The summed E-state index contributed by atoms with van der Waals surface area (Å²) >= 11 is 0. The maximum absolute atomic E-state index is 11.8. The van der Waals surface area contributed by atoms with Crippen molar-refractivity contribution in [3.63, 3.8) is 0 Å². The summed E-state index contributed by atoms with van der Waals surface area (Å²) < 4.78 is 0. The summed E-state index contributed by atoms with van der Waals surface area (Å²) in [5.41, 5.74) is 2.16. The summed E-state index contributed by atoms with van der Waals surface area (Å²) in [7, 11) is 4.07. The Morgan fingerprint density at radius 1 is 1.32 bits per heavy atom. The van der Waals surface area contributed by atoms with Crippen LogP contribution in [-0.2, 0) is 11.2 Å². The van der Waals surface area contributed by atoms with Gasteiger partial charge < -0.3 is 15.2 Å². The van der Waals surface area contributed by atoms with Gasteiger partial charge in [0.2, 0.25) is 5.91 Å². The molecule has 1 aromatic heterocycles. The molecule has 2 N–H and O–H groups in total. The molecule has 0 aliphatic carbocycles. The van der Waals surface area contributed by atoms with Gasteiger partial charge in [-0.1, -0.05) is 6.07 Å². The van der Waals surface area contributed by atoms with E-state index in [-0.39, 0.29) is 5.91 Å². The topological polar surface area (TPSA) is 48.1 Å². The molecule has 1 amide bonds. The first kappa shape index (κ1) is 13.6. The summed E-state index contributed by atoms with van der Waals surface area (Å²) in [6.45, 7) is 1.74. The lowest BCUT2D eigenvalue weighted by Crippen LogP contribution is -2.28. The molecule has 0 saturated heterocycles. The molecule has 0 radical (unpaired) electrons. The van der Waals surface area contributed by atoms with Crippen molar-refractivity contribution in [1.29, 1.82) is 0 Å². The van der Waals surface area contributed by atoms with Crippen LogP contribution in [0.15, 0.2) is 30.5 Å². The fourth-order valence-corrected chi connectivity index (χ4v) is 2.08. The van der Waals surface area contributed by atoms with Crippen LogP contribution in [0.2, 0.25) is 0 Å². The van der Waals surface area contributed by atoms with Gasteiger partial charge >= 0.3 is 0 Å². The molecule has 0 aliphatic rings. The van der Waals surface area contributed by atoms with Gasteiger partial charge in [-0.3, -0.25) is 4.79 Å². The fourth-order valence-electron chi connectivity index (χ4n) is 2.08. The van der Waals surface area contributed by atoms with Crippen molar-refractivity contribution in [2.45, 2.75) is 12.8 Å². The molecule has 0 spiro atoms. The lowest BCUT2D eigenvalue weighted by atomic mass is 10.1. The number of fused-ring (bicyclic) bond motifs is 1. The molecule has 1 heterocycles. The molecule has 4 nitrogen and oxygen atoms in total. The third kappa shape index (κ3) is 4.10. The van der Waals surface area contributed by atoms with Crippen LogP contribution in [-0.4, -0.2) is 43.0 Å². The number of aromatic nitrogens is 1. The Bertz CT molecular complexity index is 545. The molecule has 0 atom stereocenters. The Hall–Kier alpha value is -1.81. The third-order valence-corrected chi connectivity index (χ3v) is 3.09. The Morgan fingerprint density at radius 3 is 2.95 bits per heavy atom. The fraction of sp³-hybridized carbons (Fsp3) is 0.400. The van der Waals surface area contributed by atoms with Crippen LogP contribution in [0.25, 0.3) is 10.9 Å². The van der Waals surface area contributed by atoms with Crippen molar-refractivity contribution >= 4 is 16.8 Å². The van der Waals surface area contributed by atoms with Gasteiger partial charge in [-0.15, -0.1) is 0 Å². The molecule has 0 bridgehead atoms. The zero-order valence-corrected chi connectivity index (χ0v) is 11.6. The number of amides is 1. The predicted octanol–water partition coefficient (Wildman–Crippen LogP) is 1.78. The van der Waals surface area contributed by atoms with Crippen molar-refractivity contribution in [3.05, 3.63) is 36.0 Å². The SMILES string of the molecule is CN(C)CCCNC(=O)Cc1ccc2[nH]ccc2c1. The summed E-state index contributed by atoms with van der Waals surface area (Å²) in [6.07, 6.45) is 3.34. The van der Waals surface area contributed by atoms with E-state index in [9.17, 15) is 4.79 Å². The molecule has 1 aromatic carbocycles. The average molecular weight is 259 g/mol. The lowest BCUT2D eigenvalue weighted by Gasteiger charge is -2.10. The largest absolute Gasteiger partial charge is 0.361 e. The number of hydrogen-bond donors (Lipinski definition) is 2. The van der Waals surface area contributed by atoms with Crippen molar-refractivity contribution in [3.8, 4) is 0 Å². The molecule has 2 aromatic rings. The van der Waals surface area contributed by atoms with Crippen molar-refractivity contribution < 1.29 is 4.79 Å². The van der Waals surface area contributed by atoms with E-state index >= 15 is 0 Å². The Kier molecular flexibility index (Phi) is 4.58. The minimum absolute atomic E-state index is 0.0913. The minimum Gasteiger partial charge on any atom is -0.361 e. The predicted molar refractivity (Wildman–Crippen MR) is 78.2 cm³/mol. The molecule has 0 unspecified atom stereocenters. The molecule has 0 fully saturated rings. The van der Waals surface area contributed by atoms with Gasteiger partial charge in [-0.05, 0) is 56.2 Å². The van der Waals surface area contributed by atoms with E-state index in [0.717, 1.165) is 36.0 Å². The zero-order chi connectivity index (χ0) is 13.7. The van der Waals surface area contributed by atoms with Gasteiger partial charge in [-0.25, -0.2) is 0 Å². The highest BCUT2D eigenvalue weighted by atomic mass is 16.1.